The van der Waals surface area contributed by atoms with Crippen LogP contribution in [0.25, 0.3) is 0 Å². The quantitative estimate of drug-likeness (QED) is 0.675. The largest absolute Gasteiger partial charge is 0.304 e. The molecule has 0 saturated heterocycles. The van der Waals surface area contributed by atoms with E-state index in [4.69, 9.17) is 0 Å². The third kappa shape index (κ3) is 3.41. The SMILES string of the molecule is Cc1cnc(CN[C@H](C)c2cccnc2)c(C)c1[N+](=O)[O-]. The number of nitro groups is 1. The van der Waals surface area contributed by atoms with Crippen LogP contribution in [-0.2, 0) is 6.54 Å². The van der Waals surface area contributed by atoms with Crippen molar-refractivity contribution in [1.29, 1.82) is 0 Å². The molecule has 21 heavy (non-hydrogen) atoms. The van der Waals surface area contributed by atoms with E-state index in [1.807, 2.05) is 19.1 Å². The molecule has 2 aromatic rings. The van der Waals surface area contributed by atoms with Crippen molar-refractivity contribution in [3.8, 4) is 0 Å². The van der Waals surface area contributed by atoms with Crippen LogP contribution in [0.2, 0.25) is 0 Å². The molecule has 0 unspecified atom stereocenters. The van der Waals surface area contributed by atoms with Crippen molar-refractivity contribution in [3.05, 3.63) is 63.2 Å². The van der Waals surface area contributed by atoms with Crippen molar-refractivity contribution in [2.45, 2.75) is 33.4 Å². The average molecular weight is 286 g/mol. The van der Waals surface area contributed by atoms with E-state index >= 15 is 0 Å². The van der Waals surface area contributed by atoms with Crippen LogP contribution >= 0.6 is 0 Å². The van der Waals surface area contributed by atoms with Gasteiger partial charge in [-0.1, -0.05) is 6.07 Å². The molecule has 0 spiro atoms. The van der Waals surface area contributed by atoms with E-state index in [0.717, 1.165) is 5.56 Å². The minimum atomic E-state index is -0.347. The minimum absolute atomic E-state index is 0.0975. The predicted molar refractivity (Wildman–Crippen MR) is 79.9 cm³/mol. The molecule has 0 aliphatic heterocycles. The number of nitrogens with one attached hydrogen (secondary N) is 1. The number of pyridine rings is 2. The van der Waals surface area contributed by atoms with Gasteiger partial charge in [-0.15, -0.1) is 0 Å². The molecule has 0 aliphatic carbocycles. The lowest BCUT2D eigenvalue weighted by Gasteiger charge is -2.14. The summed E-state index contributed by atoms with van der Waals surface area (Å²) in [5.41, 5.74) is 3.11. The Morgan fingerprint density at radius 2 is 2.14 bits per heavy atom. The maximum Gasteiger partial charge on any atom is 0.278 e. The lowest BCUT2D eigenvalue weighted by molar-refractivity contribution is -0.386. The molecule has 0 aromatic carbocycles. The van der Waals surface area contributed by atoms with Crippen molar-refractivity contribution < 1.29 is 4.92 Å². The first-order valence-electron chi connectivity index (χ1n) is 6.73. The minimum Gasteiger partial charge on any atom is -0.304 e. The Balaban J connectivity index is 2.14. The molecule has 110 valence electrons. The molecule has 0 aliphatic rings. The highest BCUT2D eigenvalue weighted by Crippen LogP contribution is 2.24. The molecule has 0 amide bonds. The highest BCUT2D eigenvalue weighted by Gasteiger charge is 2.18. The topological polar surface area (TPSA) is 81.0 Å². The molecule has 6 nitrogen and oxygen atoms in total. The van der Waals surface area contributed by atoms with E-state index in [0.29, 0.717) is 23.4 Å². The summed E-state index contributed by atoms with van der Waals surface area (Å²) in [6.45, 7) is 5.94. The third-order valence-electron chi connectivity index (χ3n) is 3.52. The van der Waals surface area contributed by atoms with Crippen molar-refractivity contribution in [2.75, 3.05) is 0 Å². The zero-order valence-corrected chi connectivity index (χ0v) is 12.3. The van der Waals surface area contributed by atoms with Crippen molar-refractivity contribution in [1.82, 2.24) is 15.3 Å². The molecule has 2 aromatic heterocycles. The zero-order valence-electron chi connectivity index (χ0n) is 12.3. The van der Waals surface area contributed by atoms with Crippen LogP contribution < -0.4 is 5.32 Å². The van der Waals surface area contributed by atoms with Gasteiger partial charge in [0.1, 0.15) is 0 Å². The van der Waals surface area contributed by atoms with Crippen molar-refractivity contribution in [3.63, 3.8) is 0 Å². The van der Waals surface area contributed by atoms with Gasteiger partial charge < -0.3 is 5.32 Å². The summed E-state index contributed by atoms with van der Waals surface area (Å²) >= 11 is 0. The second kappa shape index (κ2) is 6.41. The van der Waals surface area contributed by atoms with Gasteiger partial charge in [-0.05, 0) is 32.4 Å². The second-order valence-corrected chi connectivity index (χ2v) is 5.01. The van der Waals surface area contributed by atoms with Gasteiger partial charge >= 0.3 is 0 Å². The fourth-order valence-electron chi connectivity index (χ4n) is 2.22. The van der Waals surface area contributed by atoms with E-state index in [1.165, 1.54) is 0 Å². The summed E-state index contributed by atoms with van der Waals surface area (Å²) in [6, 6.07) is 3.97. The first kappa shape index (κ1) is 15.1. The number of hydrogen-bond donors (Lipinski definition) is 1. The monoisotopic (exact) mass is 286 g/mol. The number of rotatable bonds is 5. The van der Waals surface area contributed by atoms with Crippen molar-refractivity contribution in [2.24, 2.45) is 0 Å². The Labute approximate surface area is 123 Å². The van der Waals surface area contributed by atoms with Gasteiger partial charge in [0.25, 0.3) is 5.69 Å². The van der Waals surface area contributed by atoms with Crippen LogP contribution in [0.4, 0.5) is 5.69 Å². The summed E-state index contributed by atoms with van der Waals surface area (Å²) in [6.07, 6.45) is 5.08. The molecule has 0 radical (unpaired) electrons. The Morgan fingerprint density at radius 1 is 1.38 bits per heavy atom. The van der Waals surface area contributed by atoms with Gasteiger partial charge in [-0.25, -0.2) is 0 Å². The lowest BCUT2D eigenvalue weighted by atomic mass is 10.1. The lowest BCUT2D eigenvalue weighted by Crippen LogP contribution is -2.20. The number of nitrogens with zero attached hydrogens (tertiary/aromatic N) is 3. The Bertz CT molecular complexity index is 644. The fourth-order valence-corrected chi connectivity index (χ4v) is 2.22. The van der Waals surface area contributed by atoms with E-state index in [-0.39, 0.29) is 16.7 Å². The van der Waals surface area contributed by atoms with Crippen LogP contribution in [0.5, 0.6) is 0 Å². The molecular weight excluding hydrogens is 268 g/mol. The normalized spacial score (nSPS) is 12.1. The summed E-state index contributed by atoms with van der Waals surface area (Å²) < 4.78 is 0. The van der Waals surface area contributed by atoms with Gasteiger partial charge in [0.2, 0.25) is 0 Å². The standard InChI is InChI=1S/C15H18N4O2/c1-10-7-18-14(11(2)15(10)19(20)21)9-17-12(3)13-5-4-6-16-8-13/h4-8,12,17H,9H2,1-3H3/t12-/m1/s1. The van der Waals surface area contributed by atoms with Gasteiger partial charge in [0.05, 0.1) is 10.6 Å². The molecular formula is C15H18N4O2. The highest BCUT2D eigenvalue weighted by molar-refractivity contribution is 5.47. The Hall–Kier alpha value is -2.34. The predicted octanol–water partition coefficient (Wildman–Crippen LogP) is 2.85. The van der Waals surface area contributed by atoms with Crippen LogP contribution in [0.3, 0.4) is 0 Å². The van der Waals surface area contributed by atoms with Gasteiger partial charge in [0, 0.05) is 42.3 Å². The summed E-state index contributed by atoms with van der Waals surface area (Å²) in [5.74, 6) is 0. The Kier molecular flexibility index (Phi) is 4.59. The first-order chi connectivity index (χ1) is 10.0. The maximum atomic E-state index is 11.1. The van der Waals surface area contributed by atoms with Gasteiger partial charge in [-0.2, -0.15) is 0 Å². The van der Waals surface area contributed by atoms with E-state index in [9.17, 15) is 10.1 Å². The third-order valence-corrected chi connectivity index (χ3v) is 3.52. The molecule has 0 fully saturated rings. The summed E-state index contributed by atoms with van der Waals surface area (Å²) in [4.78, 5) is 19.1. The Morgan fingerprint density at radius 3 is 2.76 bits per heavy atom. The molecule has 0 bridgehead atoms. The molecule has 1 N–H and O–H groups in total. The molecule has 6 heteroatoms. The van der Waals surface area contributed by atoms with Crippen LogP contribution in [-0.4, -0.2) is 14.9 Å². The molecule has 2 rings (SSSR count). The maximum absolute atomic E-state index is 11.1. The van der Waals surface area contributed by atoms with E-state index in [2.05, 4.69) is 15.3 Å². The summed E-state index contributed by atoms with van der Waals surface area (Å²) in [5, 5.41) is 14.4. The number of aryl methyl sites for hydroxylation is 1. The molecule has 2 heterocycles. The molecule has 1 atom stereocenters. The molecule has 0 saturated carbocycles. The summed E-state index contributed by atoms with van der Waals surface area (Å²) in [7, 11) is 0. The first-order valence-corrected chi connectivity index (χ1v) is 6.73. The van der Waals surface area contributed by atoms with Crippen molar-refractivity contribution >= 4 is 5.69 Å². The smallest absolute Gasteiger partial charge is 0.278 e. The fraction of sp³-hybridized carbons (Fsp3) is 0.333. The van der Waals surface area contributed by atoms with E-state index in [1.54, 1.807) is 32.4 Å². The highest BCUT2D eigenvalue weighted by atomic mass is 16.6. The number of hydrogen-bond acceptors (Lipinski definition) is 5. The van der Waals surface area contributed by atoms with Crippen LogP contribution in [0.1, 0.15) is 35.3 Å². The van der Waals surface area contributed by atoms with E-state index < -0.39 is 0 Å². The van der Waals surface area contributed by atoms with Gasteiger partial charge in [-0.3, -0.25) is 20.1 Å². The number of aromatic nitrogens is 2. The van der Waals surface area contributed by atoms with Crippen LogP contribution in [0.15, 0.2) is 30.7 Å². The zero-order chi connectivity index (χ0) is 15.4. The van der Waals surface area contributed by atoms with Crippen LogP contribution in [0, 0.1) is 24.0 Å². The average Bonchev–Trinajstić information content (AvgIpc) is 2.46. The van der Waals surface area contributed by atoms with Gasteiger partial charge in [0.15, 0.2) is 0 Å². The second-order valence-electron chi connectivity index (χ2n) is 5.01.